The molecule has 0 bridgehead atoms. The van der Waals surface area contributed by atoms with Crippen LogP contribution in [-0.4, -0.2) is 34.7 Å². The van der Waals surface area contributed by atoms with Crippen molar-refractivity contribution < 1.29 is 19.8 Å². The van der Waals surface area contributed by atoms with Crippen LogP contribution in [0.2, 0.25) is 0 Å². The van der Waals surface area contributed by atoms with Gasteiger partial charge in [0.1, 0.15) is 12.6 Å². The Morgan fingerprint density at radius 3 is 2.42 bits per heavy atom. The number of aliphatic carboxylic acids is 2. The Labute approximate surface area is 111 Å². The molecule has 4 N–H and O–H groups in total. The van der Waals surface area contributed by atoms with Crippen LogP contribution in [0.5, 0.6) is 0 Å². The Kier molecular flexibility index (Phi) is 5.17. The third-order valence-electron chi connectivity index (χ3n) is 2.78. The van der Waals surface area contributed by atoms with Gasteiger partial charge in [0, 0.05) is 0 Å². The lowest BCUT2D eigenvalue weighted by atomic mass is 10.1. The fourth-order valence-electron chi connectivity index (χ4n) is 1.94. The second-order valence-electron chi connectivity index (χ2n) is 4.22. The third-order valence-corrected chi connectivity index (χ3v) is 2.78. The topological polar surface area (TPSA) is 104 Å². The zero-order valence-corrected chi connectivity index (χ0v) is 10.7. The SMILES string of the molecule is CCCC(C(=O)O)N(CC(=O)O)c1ccccc1N. The summed E-state index contributed by atoms with van der Waals surface area (Å²) in [4.78, 5) is 23.6. The number of rotatable bonds is 7. The molecular weight excluding hydrogens is 248 g/mol. The van der Waals surface area contributed by atoms with Gasteiger partial charge in [-0.1, -0.05) is 25.5 Å². The molecule has 19 heavy (non-hydrogen) atoms. The van der Waals surface area contributed by atoms with E-state index in [9.17, 15) is 14.7 Å². The van der Waals surface area contributed by atoms with Crippen molar-refractivity contribution in [2.75, 3.05) is 17.2 Å². The maximum Gasteiger partial charge on any atom is 0.326 e. The van der Waals surface area contributed by atoms with Gasteiger partial charge in [-0.2, -0.15) is 0 Å². The first kappa shape index (κ1) is 14.8. The zero-order chi connectivity index (χ0) is 14.4. The molecule has 6 heteroatoms. The maximum atomic E-state index is 11.3. The van der Waals surface area contributed by atoms with Crippen LogP contribution in [0.4, 0.5) is 11.4 Å². The van der Waals surface area contributed by atoms with Gasteiger partial charge in [0.2, 0.25) is 0 Å². The van der Waals surface area contributed by atoms with E-state index in [2.05, 4.69) is 0 Å². The molecule has 0 aliphatic carbocycles. The van der Waals surface area contributed by atoms with Gasteiger partial charge in [-0.25, -0.2) is 4.79 Å². The van der Waals surface area contributed by atoms with Crippen LogP contribution in [0.1, 0.15) is 19.8 Å². The van der Waals surface area contributed by atoms with E-state index < -0.39 is 24.5 Å². The highest BCUT2D eigenvalue weighted by Crippen LogP contribution is 2.26. The molecule has 0 saturated heterocycles. The Hall–Kier alpha value is -2.24. The van der Waals surface area contributed by atoms with Crippen LogP contribution in [0, 0.1) is 0 Å². The lowest BCUT2D eigenvalue weighted by molar-refractivity contribution is -0.139. The lowest BCUT2D eigenvalue weighted by Crippen LogP contribution is -2.44. The van der Waals surface area contributed by atoms with Crippen LogP contribution in [-0.2, 0) is 9.59 Å². The summed E-state index contributed by atoms with van der Waals surface area (Å²) in [5, 5.41) is 18.2. The molecule has 0 aliphatic rings. The third kappa shape index (κ3) is 3.87. The van der Waals surface area contributed by atoms with Gasteiger partial charge in [0.05, 0.1) is 11.4 Å². The summed E-state index contributed by atoms with van der Waals surface area (Å²) in [5.41, 5.74) is 6.61. The molecule has 6 nitrogen and oxygen atoms in total. The minimum Gasteiger partial charge on any atom is -0.480 e. The van der Waals surface area contributed by atoms with Crippen molar-refractivity contribution in [1.29, 1.82) is 0 Å². The number of hydrogen-bond acceptors (Lipinski definition) is 4. The highest BCUT2D eigenvalue weighted by molar-refractivity contribution is 5.85. The summed E-state index contributed by atoms with van der Waals surface area (Å²) in [6.45, 7) is 1.45. The standard InChI is InChI=1S/C13H18N2O4/c1-2-5-11(13(18)19)15(8-12(16)17)10-7-4-3-6-9(10)14/h3-4,6-7,11H,2,5,8,14H2,1H3,(H,16,17)(H,18,19). The van der Waals surface area contributed by atoms with Crippen LogP contribution >= 0.6 is 0 Å². The Morgan fingerprint density at radius 1 is 1.32 bits per heavy atom. The number of anilines is 2. The van der Waals surface area contributed by atoms with Crippen molar-refractivity contribution in [3.05, 3.63) is 24.3 Å². The molecule has 0 spiro atoms. The summed E-state index contributed by atoms with van der Waals surface area (Å²) in [6, 6.07) is 5.77. The van der Waals surface area contributed by atoms with E-state index in [0.29, 0.717) is 24.2 Å². The van der Waals surface area contributed by atoms with Crippen LogP contribution < -0.4 is 10.6 Å². The molecule has 1 unspecified atom stereocenters. The van der Waals surface area contributed by atoms with Gasteiger partial charge in [-0.05, 0) is 18.6 Å². The molecular formula is C13H18N2O4. The average Bonchev–Trinajstić information content (AvgIpc) is 2.34. The van der Waals surface area contributed by atoms with Crippen molar-refractivity contribution >= 4 is 23.3 Å². The van der Waals surface area contributed by atoms with Gasteiger partial charge >= 0.3 is 11.9 Å². The van der Waals surface area contributed by atoms with Gasteiger partial charge in [-0.3, -0.25) is 4.79 Å². The first-order chi connectivity index (χ1) is 8.97. The number of hydrogen-bond donors (Lipinski definition) is 3. The smallest absolute Gasteiger partial charge is 0.326 e. The summed E-state index contributed by atoms with van der Waals surface area (Å²) in [6.07, 6.45) is 0.997. The number of nitrogen functional groups attached to an aromatic ring is 1. The number of nitrogens with two attached hydrogens (primary N) is 1. The van der Waals surface area contributed by atoms with E-state index in [1.807, 2.05) is 6.92 Å². The first-order valence-corrected chi connectivity index (χ1v) is 6.03. The van der Waals surface area contributed by atoms with Gasteiger partial charge in [0.25, 0.3) is 0 Å². The highest BCUT2D eigenvalue weighted by atomic mass is 16.4. The normalized spacial score (nSPS) is 11.8. The fraction of sp³-hybridized carbons (Fsp3) is 0.385. The van der Waals surface area contributed by atoms with Crippen LogP contribution in [0.3, 0.4) is 0 Å². The number of nitrogens with zero attached hydrogens (tertiary/aromatic N) is 1. The number of para-hydroxylation sites is 2. The Bertz CT molecular complexity index is 462. The van der Waals surface area contributed by atoms with Crippen LogP contribution in [0.15, 0.2) is 24.3 Å². The van der Waals surface area contributed by atoms with E-state index >= 15 is 0 Å². The molecule has 0 aromatic heterocycles. The largest absolute Gasteiger partial charge is 0.480 e. The molecule has 1 aromatic carbocycles. The highest BCUT2D eigenvalue weighted by Gasteiger charge is 2.27. The van der Waals surface area contributed by atoms with Gasteiger partial charge < -0.3 is 20.8 Å². The van der Waals surface area contributed by atoms with Crippen molar-refractivity contribution in [2.24, 2.45) is 0 Å². The first-order valence-electron chi connectivity index (χ1n) is 6.03. The van der Waals surface area contributed by atoms with Gasteiger partial charge in [-0.15, -0.1) is 0 Å². The van der Waals surface area contributed by atoms with E-state index in [1.165, 1.54) is 4.90 Å². The molecule has 104 valence electrons. The number of carbonyl (C=O) groups is 2. The van der Waals surface area contributed by atoms with Crippen molar-refractivity contribution in [3.8, 4) is 0 Å². The molecule has 0 radical (unpaired) electrons. The molecule has 0 saturated carbocycles. The predicted molar refractivity (Wildman–Crippen MR) is 72.2 cm³/mol. The minimum atomic E-state index is -1.09. The fourth-order valence-corrected chi connectivity index (χ4v) is 1.94. The molecule has 1 rings (SSSR count). The number of benzene rings is 1. The van der Waals surface area contributed by atoms with Crippen LogP contribution in [0.25, 0.3) is 0 Å². The van der Waals surface area contributed by atoms with E-state index in [4.69, 9.17) is 10.8 Å². The van der Waals surface area contributed by atoms with Gasteiger partial charge in [0.15, 0.2) is 0 Å². The van der Waals surface area contributed by atoms with E-state index in [0.717, 1.165) is 0 Å². The quantitative estimate of drug-likeness (QED) is 0.645. The second kappa shape index (κ2) is 6.63. The van der Waals surface area contributed by atoms with Crippen molar-refractivity contribution in [3.63, 3.8) is 0 Å². The summed E-state index contributed by atoms with van der Waals surface area (Å²) < 4.78 is 0. The number of carboxylic acids is 2. The molecule has 0 amide bonds. The van der Waals surface area contributed by atoms with E-state index in [-0.39, 0.29) is 0 Å². The molecule has 0 aliphatic heterocycles. The zero-order valence-electron chi connectivity index (χ0n) is 10.7. The summed E-state index contributed by atoms with van der Waals surface area (Å²) >= 11 is 0. The average molecular weight is 266 g/mol. The maximum absolute atomic E-state index is 11.3. The molecule has 0 heterocycles. The molecule has 1 atom stereocenters. The molecule has 0 fully saturated rings. The van der Waals surface area contributed by atoms with Crippen molar-refractivity contribution in [2.45, 2.75) is 25.8 Å². The van der Waals surface area contributed by atoms with E-state index in [1.54, 1.807) is 24.3 Å². The molecule has 1 aromatic rings. The summed E-state index contributed by atoms with van der Waals surface area (Å²) in [5.74, 6) is -2.14. The summed E-state index contributed by atoms with van der Waals surface area (Å²) in [7, 11) is 0. The Balaban J connectivity index is 3.16. The monoisotopic (exact) mass is 266 g/mol. The van der Waals surface area contributed by atoms with Crippen molar-refractivity contribution in [1.82, 2.24) is 0 Å². The predicted octanol–water partition coefficient (Wildman–Crippen LogP) is 1.41. The second-order valence-corrected chi connectivity index (χ2v) is 4.22. The minimum absolute atomic E-state index is 0.358. The Morgan fingerprint density at radius 2 is 1.95 bits per heavy atom. The lowest BCUT2D eigenvalue weighted by Gasteiger charge is -2.30. The number of carboxylic acid groups (broad SMARTS) is 2.